The number of hydrogen-bond acceptors (Lipinski definition) is 2. The third-order valence-electron chi connectivity index (χ3n) is 3.27. The lowest BCUT2D eigenvalue weighted by Gasteiger charge is -2.08. The van der Waals surface area contributed by atoms with Gasteiger partial charge < -0.3 is 5.73 Å². The average Bonchev–Trinajstić information content (AvgIpc) is 2.74. The number of carbonyl (C=O) groups excluding carboxylic acids is 1. The molecule has 3 heteroatoms. The Morgan fingerprint density at radius 2 is 2.06 bits per heavy atom. The highest BCUT2D eigenvalue weighted by molar-refractivity contribution is 9.10. The number of nitrogen functional groups attached to an aromatic ring is 1. The summed E-state index contributed by atoms with van der Waals surface area (Å²) in [5.74, 6) is 0.844. The van der Waals surface area contributed by atoms with E-state index in [1.54, 1.807) is 6.07 Å². The third-order valence-corrected chi connectivity index (χ3v) is 3.96. The molecular formula is C13H16BrNO. The minimum atomic E-state index is 0.243. The topological polar surface area (TPSA) is 43.1 Å². The van der Waals surface area contributed by atoms with E-state index in [4.69, 9.17) is 5.73 Å². The molecule has 0 radical (unpaired) electrons. The number of rotatable bonds is 3. The Balaban J connectivity index is 2.05. The van der Waals surface area contributed by atoms with Crippen molar-refractivity contribution < 1.29 is 4.79 Å². The molecule has 2 nitrogen and oxygen atoms in total. The lowest BCUT2D eigenvalue weighted by atomic mass is 9.97. The zero-order valence-corrected chi connectivity index (χ0v) is 10.8. The van der Waals surface area contributed by atoms with Crippen molar-refractivity contribution in [3.63, 3.8) is 0 Å². The van der Waals surface area contributed by atoms with Crippen LogP contribution in [-0.4, -0.2) is 5.78 Å². The van der Waals surface area contributed by atoms with Gasteiger partial charge in [0.1, 0.15) is 0 Å². The standard InChI is InChI=1S/C13H16BrNO/c14-11-8-10(5-6-12(11)15)13(16)7-9-3-1-2-4-9/h5-6,8-9H,1-4,7,15H2. The lowest BCUT2D eigenvalue weighted by molar-refractivity contribution is 0.0962. The van der Waals surface area contributed by atoms with E-state index in [1.807, 2.05) is 12.1 Å². The molecule has 0 saturated heterocycles. The molecule has 0 spiro atoms. The number of halogens is 1. The first kappa shape index (κ1) is 11.6. The molecule has 0 aromatic heterocycles. The maximum absolute atomic E-state index is 12.0. The highest BCUT2D eigenvalue weighted by Crippen LogP contribution is 2.29. The molecule has 1 aromatic rings. The summed E-state index contributed by atoms with van der Waals surface area (Å²) in [5.41, 5.74) is 7.14. The summed E-state index contributed by atoms with van der Waals surface area (Å²) in [6, 6.07) is 5.43. The molecule has 0 heterocycles. The Morgan fingerprint density at radius 3 is 2.69 bits per heavy atom. The fourth-order valence-corrected chi connectivity index (χ4v) is 2.67. The van der Waals surface area contributed by atoms with Gasteiger partial charge in [-0.1, -0.05) is 25.7 Å². The molecule has 1 aromatic carbocycles. The SMILES string of the molecule is Nc1ccc(C(=O)CC2CCCC2)cc1Br. The second kappa shape index (κ2) is 5.00. The summed E-state index contributed by atoms with van der Waals surface area (Å²) in [4.78, 5) is 12.0. The first-order valence-electron chi connectivity index (χ1n) is 5.75. The Labute approximate surface area is 104 Å². The molecule has 1 fully saturated rings. The zero-order chi connectivity index (χ0) is 11.5. The molecular weight excluding hydrogens is 266 g/mol. The van der Waals surface area contributed by atoms with Crippen molar-refractivity contribution in [3.8, 4) is 0 Å². The molecule has 16 heavy (non-hydrogen) atoms. The summed E-state index contributed by atoms with van der Waals surface area (Å²) in [7, 11) is 0. The minimum Gasteiger partial charge on any atom is -0.398 e. The summed E-state index contributed by atoms with van der Waals surface area (Å²) >= 11 is 3.35. The average molecular weight is 282 g/mol. The fourth-order valence-electron chi connectivity index (χ4n) is 2.30. The number of benzene rings is 1. The minimum absolute atomic E-state index is 0.243. The first-order chi connectivity index (χ1) is 7.66. The Hall–Kier alpha value is -0.830. The van der Waals surface area contributed by atoms with Crippen LogP contribution in [0.3, 0.4) is 0 Å². The van der Waals surface area contributed by atoms with Crippen molar-refractivity contribution in [1.82, 2.24) is 0 Å². The van der Waals surface area contributed by atoms with Crippen LogP contribution in [0.25, 0.3) is 0 Å². The Morgan fingerprint density at radius 1 is 1.38 bits per heavy atom. The van der Waals surface area contributed by atoms with Gasteiger partial charge in [-0.3, -0.25) is 4.79 Å². The van der Waals surface area contributed by atoms with Crippen molar-refractivity contribution in [2.45, 2.75) is 32.1 Å². The first-order valence-corrected chi connectivity index (χ1v) is 6.54. The van der Waals surface area contributed by atoms with Crippen molar-refractivity contribution >= 4 is 27.4 Å². The predicted molar refractivity (Wildman–Crippen MR) is 69.5 cm³/mol. The molecule has 2 rings (SSSR count). The normalized spacial score (nSPS) is 16.6. The zero-order valence-electron chi connectivity index (χ0n) is 9.21. The van der Waals surface area contributed by atoms with E-state index in [1.165, 1.54) is 25.7 Å². The smallest absolute Gasteiger partial charge is 0.163 e. The van der Waals surface area contributed by atoms with Crippen LogP contribution < -0.4 is 5.73 Å². The van der Waals surface area contributed by atoms with Crippen LogP contribution in [0.4, 0.5) is 5.69 Å². The number of Topliss-reactive ketones (excluding diaryl/α,β-unsaturated/α-hetero) is 1. The quantitative estimate of drug-likeness (QED) is 0.677. The van der Waals surface area contributed by atoms with Gasteiger partial charge >= 0.3 is 0 Å². The number of carbonyl (C=O) groups is 1. The van der Waals surface area contributed by atoms with Crippen molar-refractivity contribution in [2.24, 2.45) is 5.92 Å². The van der Waals surface area contributed by atoms with Crippen molar-refractivity contribution in [1.29, 1.82) is 0 Å². The predicted octanol–water partition coefficient (Wildman–Crippen LogP) is 3.79. The molecule has 86 valence electrons. The molecule has 0 amide bonds. The van der Waals surface area contributed by atoms with Gasteiger partial charge in [-0.15, -0.1) is 0 Å². The third kappa shape index (κ3) is 2.64. The van der Waals surface area contributed by atoms with E-state index >= 15 is 0 Å². The fraction of sp³-hybridized carbons (Fsp3) is 0.462. The summed E-state index contributed by atoms with van der Waals surface area (Å²) < 4.78 is 0.810. The van der Waals surface area contributed by atoms with Crippen LogP contribution in [0.5, 0.6) is 0 Å². The van der Waals surface area contributed by atoms with Crippen LogP contribution in [0.1, 0.15) is 42.5 Å². The number of nitrogens with two attached hydrogens (primary N) is 1. The van der Waals surface area contributed by atoms with Gasteiger partial charge in [0.05, 0.1) is 0 Å². The van der Waals surface area contributed by atoms with Gasteiger partial charge in [0.2, 0.25) is 0 Å². The summed E-state index contributed by atoms with van der Waals surface area (Å²) in [5, 5.41) is 0. The maximum atomic E-state index is 12.0. The Kier molecular flexibility index (Phi) is 3.64. The van der Waals surface area contributed by atoms with Crippen LogP contribution >= 0.6 is 15.9 Å². The lowest BCUT2D eigenvalue weighted by Crippen LogP contribution is -2.06. The number of anilines is 1. The maximum Gasteiger partial charge on any atom is 0.163 e. The van der Waals surface area contributed by atoms with E-state index in [0.717, 1.165) is 10.0 Å². The van der Waals surface area contributed by atoms with E-state index in [2.05, 4.69) is 15.9 Å². The van der Waals surface area contributed by atoms with Crippen molar-refractivity contribution in [2.75, 3.05) is 5.73 Å². The highest BCUT2D eigenvalue weighted by Gasteiger charge is 2.19. The van der Waals surface area contributed by atoms with Gasteiger partial charge in [-0.25, -0.2) is 0 Å². The molecule has 1 aliphatic rings. The van der Waals surface area contributed by atoms with Crippen LogP contribution in [-0.2, 0) is 0 Å². The van der Waals surface area contributed by atoms with Crippen LogP contribution in [0.15, 0.2) is 22.7 Å². The molecule has 0 atom stereocenters. The Bertz CT molecular complexity index is 397. The van der Waals surface area contributed by atoms with Crippen LogP contribution in [0.2, 0.25) is 0 Å². The monoisotopic (exact) mass is 281 g/mol. The van der Waals surface area contributed by atoms with Gasteiger partial charge in [0, 0.05) is 22.1 Å². The van der Waals surface area contributed by atoms with Crippen LogP contribution in [0, 0.1) is 5.92 Å². The molecule has 0 bridgehead atoms. The largest absolute Gasteiger partial charge is 0.398 e. The number of hydrogen-bond donors (Lipinski definition) is 1. The highest BCUT2D eigenvalue weighted by atomic mass is 79.9. The van der Waals surface area contributed by atoms with Gasteiger partial charge in [0.15, 0.2) is 5.78 Å². The summed E-state index contributed by atoms with van der Waals surface area (Å²) in [6.45, 7) is 0. The van der Waals surface area contributed by atoms with E-state index in [0.29, 0.717) is 18.0 Å². The van der Waals surface area contributed by atoms with Gasteiger partial charge in [-0.05, 0) is 40.0 Å². The van der Waals surface area contributed by atoms with E-state index < -0.39 is 0 Å². The molecule has 0 unspecified atom stereocenters. The van der Waals surface area contributed by atoms with E-state index in [9.17, 15) is 4.79 Å². The molecule has 2 N–H and O–H groups in total. The summed E-state index contributed by atoms with van der Waals surface area (Å²) in [6.07, 6.45) is 5.67. The second-order valence-electron chi connectivity index (χ2n) is 4.51. The van der Waals surface area contributed by atoms with Crippen molar-refractivity contribution in [3.05, 3.63) is 28.2 Å². The van der Waals surface area contributed by atoms with Gasteiger partial charge in [0.25, 0.3) is 0 Å². The number of ketones is 1. The molecule has 1 saturated carbocycles. The molecule has 0 aliphatic heterocycles. The molecule has 1 aliphatic carbocycles. The second-order valence-corrected chi connectivity index (χ2v) is 5.37. The van der Waals surface area contributed by atoms with Gasteiger partial charge in [-0.2, -0.15) is 0 Å². The van der Waals surface area contributed by atoms with E-state index in [-0.39, 0.29) is 5.78 Å².